The maximum absolute atomic E-state index is 13.8. The van der Waals surface area contributed by atoms with Crippen LogP contribution in [0.15, 0.2) is 30.7 Å². The molecule has 1 saturated heterocycles. The van der Waals surface area contributed by atoms with Gasteiger partial charge in [-0.25, -0.2) is 18.7 Å². The number of nitrogens with one attached hydrogen (secondary N) is 1. The predicted molar refractivity (Wildman–Crippen MR) is 105 cm³/mol. The summed E-state index contributed by atoms with van der Waals surface area (Å²) in [4.78, 5) is 25.3. The molecular formula is C19H21F2N7O. The number of fused-ring (bicyclic) bond motifs is 1. The Morgan fingerprint density at radius 1 is 1.14 bits per heavy atom. The highest BCUT2D eigenvalue weighted by Gasteiger charge is 2.28. The van der Waals surface area contributed by atoms with E-state index in [9.17, 15) is 13.6 Å². The first-order valence-corrected chi connectivity index (χ1v) is 9.32. The molecule has 29 heavy (non-hydrogen) atoms. The Bertz CT molecular complexity index is 1030. The van der Waals surface area contributed by atoms with Crippen molar-refractivity contribution in [1.29, 1.82) is 0 Å². The maximum atomic E-state index is 13.8. The molecule has 1 aromatic carbocycles. The van der Waals surface area contributed by atoms with Crippen LogP contribution in [0.5, 0.6) is 0 Å². The average molecular weight is 401 g/mol. The topological polar surface area (TPSA) is 79.2 Å². The Kier molecular flexibility index (Phi) is 5.10. The molecule has 0 bridgehead atoms. The van der Waals surface area contributed by atoms with E-state index in [4.69, 9.17) is 0 Å². The largest absolute Gasteiger partial charge is 0.353 e. The van der Waals surface area contributed by atoms with E-state index in [-0.39, 0.29) is 0 Å². The minimum Gasteiger partial charge on any atom is -0.353 e. The Morgan fingerprint density at radius 2 is 1.83 bits per heavy atom. The number of benzene rings is 1. The number of carbonyl (C=O) groups excluding carboxylic acids is 1. The zero-order chi connectivity index (χ0) is 20.5. The number of carbonyl (C=O) groups is 1. The number of piperazine rings is 1. The van der Waals surface area contributed by atoms with Crippen LogP contribution in [0.3, 0.4) is 0 Å². The smallest absolute Gasteiger partial charge is 0.241 e. The van der Waals surface area contributed by atoms with Gasteiger partial charge in [-0.1, -0.05) is 6.07 Å². The van der Waals surface area contributed by atoms with Gasteiger partial charge in [0.25, 0.3) is 0 Å². The second kappa shape index (κ2) is 7.70. The van der Waals surface area contributed by atoms with E-state index in [1.807, 2.05) is 11.9 Å². The first-order valence-electron chi connectivity index (χ1n) is 9.32. The van der Waals surface area contributed by atoms with Crippen molar-refractivity contribution in [2.45, 2.75) is 13.0 Å². The predicted octanol–water partition coefficient (Wildman–Crippen LogP) is 1.79. The molecule has 4 rings (SSSR count). The summed E-state index contributed by atoms with van der Waals surface area (Å²) < 4.78 is 29.3. The lowest BCUT2D eigenvalue weighted by molar-refractivity contribution is -0.120. The molecule has 0 aliphatic carbocycles. The summed E-state index contributed by atoms with van der Waals surface area (Å²) in [5.74, 6) is -1.22. The first-order chi connectivity index (χ1) is 14.0. The summed E-state index contributed by atoms with van der Waals surface area (Å²) in [7, 11) is 1.83. The minimum absolute atomic E-state index is 0.414. The van der Waals surface area contributed by atoms with E-state index in [0.717, 1.165) is 29.0 Å². The van der Waals surface area contributed by atoms with E-state index in [2.05, 4.69) is 25.3 Å². The third-order valence-corrected chi connectivity index (χ3v) is 5.26. The summed E-state index contributed by atoms with van der Waals surface area (Å²) in [5, 5.41) is 7.48. The zero-order valence-corrected chi connectivity index (χ0v) is 16.1. The van der Waals surface area contributed by atoms with E-state index < -0.39 is 29.3 Å². The molecule has 0 saturated carbocycles. The second-order valence-electron chi connectivity index (χ2n) is 6.99. The third kappa shape index (κ3) is 3.63. The quantitative estimate of drug-likeness (QED) is 0.718. The van der Waals surface area contributed by atoms with Crippen LogP contribution in [0, 0.1) is 11.6 Å². The van der Waals surface area contributed by atoms with Gasteiger partial charge in [0.05, 0.1) is 17.6 Å². The molecule has 1 atom stereocenters. The number of para-hydroxylation sites is 1. The Balaban J connectivity index is 1.42. The monoisotopic (exact) mass is 401 g/mol. The number of amides is 1. The van der Waals surface area contributed by atoms with Crippen molar-refractivity contribution in [1.82, 2.24) is 24.6 Å². The summed E-state index contributed by atoms with van der Waals surface area (Å²) in [6.07, 6.45) is 3.26. The van der Waals surface area contributed by atoms with Gasteiger partial charge < -0.3 is 10.2 Å². The van der Waals surface area contributed by atoms with Crippen LogP contribution in [0.2, 0.25) is 0 Å². The summed E-state index contributed by atoms with van der Waals surface area (Å²) in [6.45, 7) is 4.27. The van der Waals surface area contributed by atoms with Gasteiger partial charge in [-0.2, -0.15) is 5.10 Å². The normalized spacial score (nSPS) is 16.2. The van der Waals surface area contributed by atoms with Crippen LogP contribution >= 0.6 is 0 Å². The third-order valence-electron chi connectivity index (χ3n) is 5.26. The van der Waals surface area contributed by atoms with Gasteiger partial charge in [-0.15, -0.1) is 0 Å². The fourth-order valence-electron chi connectivity index (χ4n) is 3.53. The number of anilines is 2. The highest BCUT2D eigenvalue weighted by Crippen LogP contribution is 2.24. The molecule has 1 aliphatic heterocycles. The molecule has 152 valence electrons. The van der Waals surface area contributed by atoms with Crippen LogP contribution in [-0.2, 0) is 11.8 Å². The molecule has 1 amide bonds. The van der Waals surface area contributed by atoms with E-state index in [1.165, 1.54) is 12.4 Å². The zero-order valence-electron chi connectivity index (χ0n) is 16.1. The van der Waals surface area contributed by atoms with Gasteiger partial charge in [0, 0.05) is 33.2 Å². The van der Waals surface area contributed by atoms with E-state index >= 15 is 0 Å². The Labute approximate surface area is 166 Å². The van der Waals surface area contributed by atoms with Crippen LogP contribution in [0.1, 0.15) is 6.92 Å². The van der Waals surface area contributed by atoms with Gasteiger partial charge in [0.2, 0.25) is 5.91 Å². The highest BCUT2D eigenvalue weighted by atomic mass is 19.1. The van der Waals surface area contributed by atoms with Gasteiger partial charge in [0.1, 0.15) is 29.5 Å². The van der Waals surface area contributed by atoms with Gasteiger partial charge in [-0.3, -0.25) is 14.4 Å². The van der Waals surface area contributed by atoms with Crippen molar-refractivity contribution in [2.24, 2.45) is 7.05 Å². The lowest BCUT2D eigenvalue weighted by Crippen LogP contribution is -2.53. The SMILES string of the molecule is CC(C(=O)Nc1c(F)cccc1F)N1CCN(c2ncnc3c2cnn3C)CC1. The van der Waals surface area contributed by atoms with Gasteiger partial charge >= 0.3 is 0 Å². The fraction of sp³-hybridized carbons (Fsp3) is 0.368. The van der Waals surface area contributed by atoms with Crippen molar-refractivity contribution >= 4 is 28.4 Å². The molecule has 1 N–H and O–H groups in total. The molecule has 0 spiro atoms. The lowest BCUT2D eigenvalue weighted by atomic mass is 10.2. The maximum Gasteiger partial charge on any atom is 0.241 e. The summed E-state index contributed by atoms with van der Waals surface area (Å²) >= 11 is 0. The van der Waals surface area contributed by atoms with Crippen LogP contribution in [0.4, 0.5) is 20.3 Å². The van der Waals surface area contributed by atoms with Gasteiger partial charge in [0.15, 0.2) is 5.65 Å². The number of hydrogen-bond acceptors (Lipinski definition) is 6. The number of rotatable bonds is 4. The number of halogens is 2. The summed E-state index contributed by atoms with van der Waals surface area (Å²) in [6, 6.07) is 2.96. The van der Waals surface area contributed by atoms with Crippen LogP contribution in [-0.4, -0.2) is 62.8 Å². The van der Waals surface area contributed by atoms with Crippen LogP contribution in [0.25, 0.3) is 11.0 Å². The molecular weight excluding hydrogens is 380 g/mol. The van der Waals surface area contributed by atoms with Crippen LogP contribution < -0.4 is 10.2 Å². The molecule has 1 fully saturated rings. The highest BCUT2D eigenvalue weighted by molar-refractivity contribution is 5.94. The molecule has 10 heteroatoms. The van der Waals surface area contributed by atoms with E-state index in [1.54, 1.807) is 17.8 Å². The number of nitrogens with zero attached hydrogens (tertiary/aromatic N) is 6. The second-order valence-corrected chi connectivity index (χ2v) is 6.99. The van der Waals surface area contributed by atoms with Crippen molar-refractivity contribution in [2.75, 3.05) is 36.4 Å². The van der Waals surface area contributed by atoms with Gasteiger partial charge in [-0.05, 0) is 19.1 Å². The lowest BCUT2D eigenvalue weighted by Gasteiger charge is -2.38. The molecule has 3 heterocycles. The molecule has 3 aromatic rings. The van der Waals surface area contributed by atoms with Crippen molar-refractivity contribution < 1.29 is 13.6 Å². The molecule has 1 aliphatic rings. The van der Waals surface area contributed by atoms with Crippen molar-refractivity contribution in [3.63, 3.8) is 0 Å². The van der Waals surface area contributed by atoms with Crippen molar-refractivity contribution in [3.8, 4) is 0 Å². The fourth-order valence-corrected chi connectivity index (χ4v) is 3.53. The molecule has 0 radical (unpaired) electrons. The Hall–Kier alpha value is -3.14. The number of hydrogen-bond donors (Lipinski definition) is 1. The molecule has 8 nitrogen and oxygen atoms in total. The molecule has 1 unspecified atom stereocenters. The average Bonchev–Trinajstić information content (AvgIpc) is 3.11. The minimum atomic E-state index is -0.792. The molecule has 2 aromatic heterocycles. The first kappa shape index (κ1) is 19.2. The standard InChI is InChI=1S/C19H21F2N7O/c1-12(19(29)25-16-14(20)4-3-5-15(16)21)27-6-8-28(9-7-27)18-13-10-24-26(2)17(13)22-11-23-18/h3-5,10-12H,6-9H2,1-2H3,(H,25,29). The summed E-state index contributed by atoms with van der Waals surface area (Å²) in [5.41, 5.74) is 0.347. The number of aryl methyl sites for hydroxylation is 1. The number of aromatic nitrogens is 4. The van der Waals surface area contributed by atoms with Crippen molar-refractivity contribution in [3.05, 3.63) is 42.4 Å². The van der Waals surface area contributed by atoms with E-state index in [0.29, 0.717) is 26.2 Å². The Morgan fingerprint density at radius 3 is 2.52 bits per heavy atom.